The molecule has 2 rings (SSSR count). The minimum atomic E-state index is -0.568. The fourth-order valence-corrected chi connectivity index (χ4v) is 3.37. The van der Waals surface area contributed by atoms with E-state index in [2.05, 4.69) is 5.32 Å². The Labute approximate surface area is 190 Å². The van der Waals surface area contributed by atoms with Crippen molar-refractivity contribution in [2.45, 2.75) is 53.6 Å². The van der Waals surface area contributed by atoms with Crippen LogP contribution in [0.5, 0.6) is 5.75 Å². The van der Waals surface area contributed by atoms with Crippen LogP contribution in [0.3, 0.4) is 0 Å². The van der Waals surface area contributed by atoms with E-state index >= 15 is 0 Å². The van der Waals surface area contributed by atoms with E-state index in [-0.39, 0.29) is 18.4 Å². The van der Waals surface area contributed by atoms with Crippen LogP contribution < -0.4 is 10.1 Å². The molecule has 0 heterocycles. The highest BCUT2D eigenvalue weighted by Gasteiger charge is 2.29. The van der Waals surface area contributed by atoms with Gasteiger partial charge in [-0.1, -0.05) is 56.6 Å². The van der Waals surface area contributed by atoms with Gasteiger partial charge in [-0.3, -0.25) is 9.59 Å². The Hall–Kier alpha value is -2.53. The van der Waals surface area contributed by atoms with Crippen molar-refractivity contribution in [3.8, 4) is 5.75 Å². The number of carbonyl (C=O) groups is 2. The van der Waals surface area contributed by atoms with E-state index in [0.29, 0.717) is 36.2 Å². The molecule has 1 atom stereocenters. The Morgan fingerprint density at radius 3 is 2.42 bits per heavy atom. The molecule has 0 aliphatic heterocycles. The number of benzene rings is 2. The second-order valence-electron chi connectivity index (χ2n) is 8.21. The van der Waals surface area contributed by atoms with Crippen LogP contribution in [0.4, 0.5) is 0 Å². The van der Waals surface area contributed by atoms with E-state index in [1.54, 1.807) is 23.1 Å². The lowest BCUT2D eigenvalue weighted by Crippen LogP contribution is -2.50. The molecule has 5 nitrogen and oxygen atoms in total. The van der Waals surface area contributed by atoms with Crippen LogP contribution >= 0.6 is 11.6 Å². The maximum absolute atomic E-state index is 13.2. The Kier molecular flexibility index (Phi) is 9.38. The number of halogens is 1. The molecule has 168 valence electrons. The zero-order valence-electron chi connectivity index (χ0n) is 19.1. The van der Waals surface area contributed by atoms with Crippen molar-refractivity contribution in [3.05, 3.63) is 64.2 Å². The first-order valence-electron chi connectivity index (χ1n) is 10.7. The lowest BCUT2D eigenvalue weighted by Gasteiger charge is -2.31. The van der Waals surface area contributed by atoms with Crippen LogP contribution in [0, 0.1) is 19.8 Å². The Morgan fingerprint density at radius 2 is 1.81 bits per heavy atom. The zero-order chi connectivity index (χ0) is 23.0. The van der Waals surface area contributed by atoms with Gasteiger partial charge in [-0.2, -0.15) is 0 Å². The quantitative estimate of drug-likeness (QED) is 0.566. The highest BCUT2D eigenvalue weighted by molar-refractivity contribution is 6.31. The zero-order valence-corrected chi connectivity index (χ0v) is 19.8. The normalized spacial score (nSPS) is 11.8. The first kappa shape index (κ1) is 24.7. The summed E-state index contributed by atoms with van der Waals surface area (Å²) in [7, 11) is 0. The van der Waals surface area contributed by atoms with E-state index in [1.807, 2.05) is 58.9 Å². The van der Waals surface area contributed by atoms with Crippen molar-refractivity contribution in [2.75, 3.05) is 13.2 Å². The molecule has 2 amide bonds. The number of hydrogen-bond acceptors (Lipinski definition) is 3. The van der Waals surface area contributed by atoms with Crippen molar-refractivity contribution in [3.63, 3.8) is 0 Å². The number of ether oxygens (including phenoxy) is 1. The van der Waals surface area contributed by atoms with Crippen LogP contribution in [0.2, 0.25) is 5.02 Å². The smallest absolute Gasteiger partial charge is 0.261 e. The number of carbonyl (C=O) groups excluding carboxylic acids is 2. The molecule has 31 heavy (non-hydrogen) atoms. The summed E-state index contributed by atoms with van der Waals surface area (Å²) in [6.07, 6.45) is 0.515. The van der Waals surface area contributed by atoms with Gasteiger partial charge in [0.2, 0.25) is 5.91 Å². The molecule has 2 aromatic carbocycles. The van der Waals surface area contributed by atoms with Gasteiger partial charge in [-0.05, 0) is 61.1 Å². The van der Waals surface area contributed by atoms with E-state index in [0.717, 1.165) is 16.7 Å². The standard InChI is InChI=1S/C25H33ClN2O3/c1-6-23(25(30)27-14-17(2)3)28(15-20-10-8-7-9-18(20)4)24(29)16-31-21-11-12-22(26)19(5)13-21/h7-13,17,23H,6,14-16H2,1-5H3,(H,27,30). The molecule has 0 aliphatic carbocycles. The summed E-state index contributed by atoms with van der Waals surface area (Å²) in [5.74, 6) is 0.532. The van der Waals surface area contributed by atoms with Crippen LogP contribution in [0.25, 0.3) is 0 Å². The van der Waals surface area contributed by atoms with E-state index in [1.165, 1.54) is 0 Å². The third-order valence-corrected chi connectivity index (χ3v) is 5.59. The van der Waals surface area contributed by atoms with Gasteiger partial charge in [0.05, 0.1) is 0 Å². The third kappa shape index (κ3) is 7.28. The average molecular weight is 445 g/mol. The molecular formula is C25H33ClN2O3. The number of nitrogens with one attached hydrogen (secondary N) is 1. The highest BCUT2D eigenvalue weighted by atomic mass is 35.5. The van der Waals surface area contributed by atoms with Gasteiger partial charge in [0, 0.05) is 18.1 Å². The SMILES string of the molecule is CCC(C(=O)NCC(C)C)N(Cc1ccccc1C)C(=O)COc1ccc(Cl)c(C)c1. The van der Waals surface area contributed by atoms with Crippen molar-refractivity contribution in [1.29, 1.82) is 0 Å². The summed E-state index contributed by atoms with van der Waals surface area (Å²) in [4.78, 5) is 27.7. The predicted molar refractivity (Wildman–Crippen MR) is 125 cm³/mol. The number of rotatable bonds is 10. The Bertz CT molecular complexity index is 898. The first-order chi connectivity index (χ1) is 14.7. The molecule has 0 bridgehead atoms. The van der Waals surface area contributed by atoms with Crippen LogP contribution in [0.15, 0.2) is 42.5 Å². The summed E-state index contributed by atoms with van der Waals surface area (Å²) in [6.45, 7) is 10.7. The largest absolute Gasteiger partial charge is 0.484 e. The van der Waals surface area contributed by atoms with E-state index < -0.39 is 6.04 Å². The second-order valence-corrected chi connectivity index (χ2v) is 8.62. The molecule has 0 saturated carbocycles. The van der Waals surface area contributed by atoms with Crippen LogP contribution in [0.1, 0.15) is 43.9 Å². The highest BCUT2D eigenvalue weighted by Crippen LogP contribution is 2.21. The second kappa shape index (κ2) is 11.8. The van der Waals surface area contributed by atoms with Crippen molar-refractivity contribution >= 4 is 23.4 Å². The molecule has 0 saturated heterocycles. The fourth-order valence-electron chi connectivity index (χ4n) is 3.25. The molecule has 1 unspecified atom stereocenters. The maximum Gasteiger partial charge on any atom is 0.261 e. The molecule has 0 radical (unpaired) electrons. The van der Waals surface area contributed by atoms with Gasteiger partial charge in [0.1, 0.15) is 11.8 Å². The molecule has 0 fully saturated rings. The van der Waals surface area contributed by atoms with Crippen LogP contribution in [-0.4, -0.2) is 35.9 Å². The molecule has 6 heteroatoms. The predicted octanol–water partition coefficient (Wildman–Crippen LogP) is 4.92. The number of nitrogens with zero attached hydrogens (tertiary/aromatic N) is 1. The van der Waals surface area contributed by atoms with Crippen molar-refractivity contribution in [2.24, 2.45) is 5.92 Å². The molecular weight excluding hydrogens is 412 g/mol. The maximum atomic E-state index is 13.2. The molecule has 1 N–H and O–H groups in total. The number of aryl methyl sites for hydroxylation is 2. The summed E-state index contributed by atoms with van der Waals surface area (Å²) < 4.78 is 5.74. The van der Waals surface area contributed by atoms with Gasteiger partial charge in [-0.15, -0.1) is 0 Å². The topological polar surface area (TPSA) is 58.6 Å². The van der Waals surface area contributed by atoms with Crippen molar-refractivity contribution < 1.29 is 14.3 Å². The first-order valence-corrected chi connectivity index (χ1v) is 11.1. The van der Waals surface area contributed by atoms with Gasteiger partial charge in [-0.25, -0.2) is 0 Å². The minimum absolute atomic E-state index is 0.138. The van der Waals surface area contributed by atoms with Gasteiger partial charge < -0.3 is 15.0 Å². The minimum Gasteiger partial charge on any atom is -0.484 e. The van der Waals surface area contributed by atoms with E-state index in [9.17, 15) is 9.59 Å². The molecule has 2 aromatic rings. The molecule has 0 spiro atoms. The number of amides is 2. The Balaban J connectivity index is 2.22. The summed E-state index contributed by atoms with van der Waals surface area (Å²) in [5, 5.41) is 3.61. The summed E-state index contributed by atoms with van der Waals surface area (Å²) in [5.41, 5.74) is 2.96. The van der Waals surface area contributed by atoms with Gasteiger partial charge >= 0.3 is 0 Å². The number of hydrogen-bond donors (Lipinski definition) is 1. The monoisotopic (exact) mass is 444 g/mol. The van der Waals surface area contributed by atoms with E-state index in [4.69, 9.17) is 16.3 Å². The van der Waals surface area contributed by atoms with Gasteiger partial charge in [0.25, 0.3) is 5.91 Å². The lowest BCUT2D eigenvalue weighted by molar-refractivity contribution is -0.143. The average Bonchev–Trinajstić information content (AvgIpc) is 2.74. The Morgan fingerprint density at radius 1 is 1.10 bits per heavy atom. The summed E-state index contributed by atoms with van der Waals surface area (Å²) in [6, 6.07) is 12.6. The van der Waals surface area contributed by atoms with Gasteiger partial charge in [0.15, 0.2) is 6.61 Å². The third-order valence-electron chi connectivity index (χ3n) is 5.16. The lowest BCUT2D eigenvalue weighted by atomic mass is 10.1. The molecule has 0 aromatic heterocycles. The van der Waals surface area contributed by atoms with Crippen molar-refractivity contribution in [1.82, 2.24) is 10.2 Å². The van der Waals surface area contributed by atoms with Crippen LogP contribution in [-0.2, 0) is 16.1 Å². The fraction of sp³-hybridized carbons (Fsp3) is 0.440. The summed E-state index contributed by atoms with van der Waals surface area (Å²) >= 11 is 6.07. The molecule has 0 aliphatic rings.